The van der Waals surface area contributed by atoms with Gasteiger partial charge in [-0.05, 0) is 37.3 Å². The number of alkyl halides is 3. The number of nitrogens with one attached hydrogen (secondary N) is 1. The van der Waals surface area contributed by atoms with E-state index < -0.39 is 29.6 Å². The van der Waals surface area contributed by atoms with E-state index in [1.807, 2.05) is 0 Å². The minimum atomic E-state index is -4.43. The van der Waals surface area contributed by atoms with Gasteiger partial charge in [-0.2, -0.15) is 13.2 Å². The van der Waals surface area contributed by atoms with Gasteiger partial charge in [0.1, 0.15) is 6.10 Å². The highest BCUT2D eigenvalue weighted by Gasteiger charge is 2.38. The highest BCUT2D eigenvalue weighted by atomic mass is 19.4. The fourth-order valence-electron chi connectivity index (χ4n) is 4.61. The molecule has 4 rings (SSSR count). The van der Waals surface area contributed by atoms with Gasteiger partial charge in [0, 0.05) is 18.6 Å². The molecule has 1 aromatic heterocycles. The molecule has 1 N–H and O–H groups in total. The van der Waals surface area contributed by atoms with Crippen LogP contribution in [0.3, 0.4) is 0 Å². The minimum absolute atomic E-state index is 0.161. The Balaban J connectivity index is 1.60. The molecule has 3 atom stereocenters. The Morgan fingerprint density at radius 2 is 1.87 bits per heavy atom. The number of amides is 1. The molecule has 8 heteroatoms. The second kappa shape index (κ2) is 8.79. The summed E-state index contributed by atoms with van der Waals surface area (Å²) in [4.78, 5) is 17.1. The zero-order valence-electron chi connectivity index (χ0n) is 16.6. The van der Waals surface area contributed by atoms with Crippen LogP contribution in [0.25, 0.3) is 0 Å². The summed E-state index contributed by atoms with van der Waals surface area (Å²) in [5, 5.41) is 2.97. The van der Waals surface area contributed by atoms with Gasteiger partial charge in [-0.3, -0.25) is 4.79 Å². The lowest BCUT2D eigenvalue weighted by atomic mass is 9.84. The van der Waals surface area contributed by atoms with Gasteiger partial charge >= 0.3 is 6.18 Å². The van der Waals surface area contributed by atoms with Crippen LogP contribution in [0, 0.1) is 0 Å². The summed E-state index contributed by atoms with van der Waals surface area (Å²) in [6, 6.07) is 5.28. The zero-order valence-corrected chi connectivity index (χ0v) is 16.6. The van der Waals surface area contributed by atoms with Crippen LogP contribution in [-0.2, 0) is 10.9 Å². The number of carbonyl (C=O) groups is 1. The number of aromatic nitrogens is 1. The van der Waals surface area contributed by atoms with E-state index in [-0.39, 0.29) is 17.4 Å². The molecule has 2 aliphatic rings. The predicted molar refractivity (Wildman–Crippen MR) is 103 cm³/mol. The topological polar surface area (TPSA) is 64.4 Å². The Hall–Kier alpha value is -2.35. The van der Waals surface area contributed by atoms with Gasteiger partial charge in [0.25, 0.3) is 5.91 Å². The first-order valence-electron chi connectivity index (χ1n) is 10.5. The lowest BCUT2D eigenvalue weighted by molar-refractivity contribution is -0.138. The SMILES string of the molecule is O=C(NC1CCCCCC1c1ccccc1C(F)(F)F)c1ncoc1C1CCCO1. The van der Waals surface area contributed by atoms with Gasteiger partial charge in [-0.25, -0.2) is 4.98 Å². The van der Waals surface area contributed by atoms with E-state index >= 15 is 0 Å². The Morgan fingerprint density at radius 3 is 2.63 bits per heavy atom. The van der Waals surface area contributed by atoms with Crippen molar-refractivity contribution >= 4 is 5.91 Å². The van der Waals surface area contributed by atoms with Crippen LogP contribution in [0.4, 0.5) is 13.2 Å². The van der Waals surface area contributed by atoms with E-state index in [1.165, 1.54) is 18.5 Å². The molecule has 0 radical (unpaired) electrons. The van der Waals surface area contributed by atoms with Crippen molar-refractivity contribution in [1.29, 1.82) is 0 Å². The van der Waals surface area contributed by atoms with Crippen LogP contribution < -0.4 is 5.32 Å². The smallest absolute Gasteiger partial charge is 0.416 e. The van der Waals surface area contributed by atoms with Crippen LogP contribution >= 0.6 is 0 Å². The minimum Gasteiger partial charge on any atom is -0.445 e. The quantitative estimate of drug-likeness (QED) is 0.671. The standard InChI is InChI=1S/C22H25F3N2O3/c23-22(24,25)16-9-5-4-7-14(16)15-8-2-1-3-10-17(15)27-21(28)19-20(30-13-26-19)18-11-6-12-29-18/h4-5,7,9,13,15,17-18H,1-3,6,8,10-12H2,(H,27,28). The number of oxazole rings is 1. The number of hydrogen-bond acceptors (Lipinski definition) is 4. The van der Waals surface area contributed by atoms with Gasteiger partial charge in [0.15, 0.2) is 17.8 Å². The van der Waals surface area contributed by atoms with E-state index in [4.69, 9.17) is 9.15 Å². The molecule has 1 saturated heterocycles. The van der Waals surface area contributed by atoms with E-state index in [9.17, 15) is 18.0 Å². The predicted octanol–water partition coefficient (Wildman–Crippen LogP) is 5.39. The third-order valence-electron chi connectivity index (χ3n) is 6.03. The molecule has 1 saturated carbocycles. The van der Waals surface area contributed by atoms with Gasteiger partial charge in [0.2, 0.25) is 0 Å². The Morgan fingerprint density at radius 1 is 1.07 bits per heavy atom. The number of ether oxygens (including phenoxy) is 1. The normalized spacial score (nSPS) is 25.1. The molecule has 3 unspecified atom stereocenters. The lowest BCUT2D eigenvalue weighted by Crippen LogP contribution is -2.40. The van der Waals surface area contributed by atoms with Crippen molar-refractivity contribution in [2.45, 2.75) is 69.2 Å². The summed E-state index contributed by atoms with van der Waals surface area (Å²) in [6.07, 6.45) is 1.94. The van der Waals surface area contributed by atoms with E-state index in [0.717, 1.165) is 38.2 Å². The number of carbonyl (C=O) groups excluding carboxylic acids is 1. The van der Waals surface area contributed by atoms with E-state index in [1.54, 1.807) is 6.07 Å². The molecule has 5 nitrogen and oxygen atoms in total. The second-order valence-corrected chi connectivity index (χ2v) is 7.98. The second-order valence-electron chi connectivity index (χ2n) is 7.98. The fraction of sp³-hybridized carbons (Fsp3) is 0.545. The van der Waals surface area contributed by atoms with Gasteiger partial charge in [-0.1, -0.05) is 37.5 Å². The van der Waals surface area contributed by atoms with Crippen LogP contribution in [0.2, 0.25) is 0 Å². The molecule has 30 heavy (non-hydrogen) atoms. The van der Waals surface area contributed by atoms with Crippen LogP contribution in [0.5, 0.6) is 0 Å². The average molecular weight is 422 g/mol. The Bertz CT molecular complexity index is 875. The van der Waals surface area contributed by atoms with Gasteiger partial charge in [0.05, 0.1) is 5.56 Å². The molecule has 1 aromatic carbocycles. The molecule has 1 aliphatic heterocycles. The first-order chi connectivity index (χ1) is 14.4. The maximum atomic E-state index is 13.6. The summed E-state index contributed by atoms with van der Waals surface area (Å²) in [5.41, 5.74) is -0.219. The number of rotatable bonds is 4. The van der Waals surface area contributed by atoms with Crippen LogP contribution in [-0.4, -0.2) is 23.5 Å². The van der Waals surface area contributed by atoms with Gasteiger partial charge < -0.3 is 14.5 Å². The molecule has 1 aliphatic carbocycles. The van der Waals surface area contributed by atoms with Crippen molar-refractivity contribution in [2.75, 3.05) is 6.61 Å². The zero-order chi connectivity index (χ0) is 21.1. The molecule has 0 spiro atoms. The number of hydrogen-bond donors (Lipinski definition) is 1. The average Bonchev–Trinajstić information content (AvgIpc) is 3.36. The number of halogens is 3. The number of nitrogens with zero attached hydrogens (tertiary/aromatic N) is 1. The Kier molecular flexibility index (Phi) is 6.13. The molecule has 1 amide bonds. The van der Waals surface area contributed by atoms with Crippen molar-refractivity contribution in [2.24, 2.45) is 0 Å². The summed E-state index contributed by atoms with van der Waals surface area (Å²) < 4.78 is 51.9. The van der Waals surface area contributed by atoms with Gasteiger partial charge in [-0.15, -0.1) is 0 Å². The van der Waals surface area contributed by atoms with Crippen molar-refractivity contribution in [3.63, 3.8) is 0 Å². The van der Waals surface area contributed by atoms with E-state index in [2.05, 4.69) is 10.3 Å². The molecule has 0 bridgehead atoms. The summed E-state index contributed by atoms with van der Waals surface area (Å²) in [6.45, 7) is 0.603. The maximum Gasteiger partial charge on any atom is 0.416 e. The fourth-order valence-corrected chi connectivity index (χ4v) is 4.61. The van der Waals surface area contributed by atoms with Crippen LogP contribution in [0.1, 0.15) is 84.3 Å². The van der Waals surface area contributed by atoms with Crippen LogP contribution in [0.15, 0.2) is 35.1 Å². The van der Waals surface area contributed by atoms with Crippen molar-refractivity contribution in [1.82, 2.24) is 10.3 Å². The highest BCUT2D eigenvalue weighted by Crippen LogP contribution is 2.40. The van der Waals surface area contributed by atoms with E-state index in [0.29, 0.717) is 25.2 Å². The summed E-state index contributed by atoms with van der Waals surface area (Å²) in [5.74, 6) is -0.436. The monoisotopic (exact) mass is 422 g/mol. The van der Waals surface area contributed by atoms with Crippen molar-refractivity contribution in [3.05, 3.63) is 53.2 Å². The molecule has 2 aromatic rings. The molecule has 162 valence electrons. The Labute approximate surface area is 173 Å². The largest absolute Gasteiger partial charge is 0.445 e. The maximum absolute atomic E-state index is 13.6. The summed E-state index contributed by atoms with van der Waals surface area (Å²) >= 11 is 0. The first kappa shape index (κ1) is 20.9. The first-order valence-corrected chi connectivity index (χ1v) is 10.5. The molecular weight excluding hydrogens is 397 g/mol. The van der Waals surface area contributed by atoms with Crippen molar-refractivity contribution in [3.8, 4) is 0 Å². The highest BCUT2D eigenvalue weighted by molar-refractivity contribution is 5.93. The lowest BCUT2D eigenvalue weighted by Gasteiger charge is -2.28. The van der Waals surface area contributed by atoms with Crippen molar-refractivity contribution < 1.29 is 27.1 Å². The third-order valence-corrected chi connectivity index (χ3v) is 6.03. The molecule has 2 fully saturated rings. The number of benzene rings is 1. The third kappa shape index (κ3) is 4.38. The summed E-state index contributed by atoms with van der Waals surface area (Å²) in [7, 11) is 0. The molecular formula is C22H25F3N2O3. The molecule has 2 heterocycles.